The molecule has 0 saturated heterocycles. The number of sulfone groups is 1. The van der Waals surface area contributed by atoms with Gasteiger partial charge in [-0.25, -0.2) is 17.2 Å². The average molecular weight is 274 g/mol. The molecule has 18 heavy (non-hydrogen) atoms. The van der Waals surface area contributed by atoms with Crippen molar-refractivity contribution in [3.05, 3.63) is 29.8 Å². The van der Waals surface area contributed by atoms with Crippen molar-refractivity contribution < 1.29 is 21.7 Å². The molecule has 0 atom stereocenters. The van der Waals surface area contributed by atoms with Crippen LogP contribution in [-0.4, -0.2) is 19.8 Å². The van der Waals surface area contributed by atoms with E-state index in [9.17, 15) is 17.2 Å². The summed E-state index contributed by atoms with van der Waals surface area (Å²) < 4.78 is 54.2. The number of anilines is 1. The largest absolute Gasteiger partial charge is 0.368 e. The third-order valence-corrected chi connectivity index (χ3v) is 3.34. The normalized spacial score (nSPS) is 11.7. The Kier molecular flexibility index (Phi) is 2.81. The summed E-state index contributed by atoms with van der Waals surface area (Å²) in [5, 5.41) is 3.42. The number of nitrogens with two attached hydrogens (primary N) is 1. The first-order valence-corrected chi connectivity index (χ1v) is 6.60. The van der Waals surface area contributed by atoms with E-state index in [2.05, 4.69) is 9.68 Å². The lowest BCUT2D eigenvalue weighted by Gasteiger charge is -2.04. The number of rotatable bonds is 2. The van der Waals surface area contributed by atoms with E-state index in [1.165, 1.54) is 6.07 Å². The zero-order chi connectivity index (χ0) is 13.5. The van der Waals surface area contributed by atoms with Gasteiger partial charge >= 0.3 is 0 Å². The second-order valence-electron chi connectivity index (χ2n) is 3.65. The molecule has 0 aliphatic heterocycles. The van der Waals surface area contributed by atoms with Crippen molar-refractivity contribution in [3.63, 3.8) is 0 Å². The molecular formula is C10H8F2N2O3S. The quantitative estimate of drug-likeness (QED) is 0.899. The summed E-state index contributed by atoms with van der Waals surface area (Å²) in [6.07, 6.45) is 0.790. The number of benzene rings is 1. The van der Waals surface area contributed by atoms with Gasteiger partial charge < -0.3 is 10.3 Å². The Balaban J connectivity index is 2.64. The topological polar surface area (TPSA) is 86.2 Å². The number of halogens is 2. The van der Waals surface area contributed by atoms with Crippen LogP contribution >= 0.6 is 0 Å². The van der Waals surface area contributed by atoms with E-state index in [0.29, 0.717) is 6.07 Å². The fraction of sp³-hybridized carbons (Fsp3) is 0.100. The van der Waals surface area contributed by atoms with Gasteiger partial charge in [0.1, 0.15) is 22.2 Å². The minimum Gasteiger partial charge on any atom is -0.368 e. The van der Waals surface area contributed by atoms with Crippen molar-refractivity contribution in [1.29, 1.82) is 0 Å². The van der Waals surface area contributed by atoms with Crippen LogP contribution in [-0.2, 0) is 9.84 Å². The summed E-state index contributed by atoms with van der Waals surface area (Å²) in [7, 11) is -3.83. The Morgan fingerprint density at radius 2 is 1.89 bits per heavy atom. The highest BCUT2D eigenvalue weighted by Gasteiger charge is 2.19. The Labute approximate surface area is 101 Å². The minimum absolute atomic E-state index is 0.0102. The summed E-state index contributed by atoms with van der Waals surface area (Å²) in [4.78, 5) is -0.708. The van der Waals surface area contributed by atoms with Crippen molar-refractivity contribution in [2.75, 3.05) is 12.0 Å². The Bertz CT molecular complexity index is 710. The average Bonchev–Trinajstić information content (AvgIpc) is 2.66. The van der Waals surface area contributed by atoms with Gasteiger partial charge in [-0.05, 0) is 12.1 Å². The molecule has 2 aromatic rings. The molecule has 0 aliphatic rings. The maximum absolute atomic E-state index is 13.7. The molecule has 0 amide bonds. The molecule has 1 heterocycles. The molecule has 8 heteroatoms. The van der Waals surface area contributed by atoms with Gasteiger partial charge in [0.05, 0.1) is 0 Å². The third kappa shape index (κ3) is 2.19. The molecule has 1 aromatic carbocycles. The first kappa shape index (κ1) is 12.5. The Morgan fingerprint density at radius 3 is 2.39 bits per heavy atom. The zero-order valence-electron chi connectivity index (χ0n) is 9.15. The van der Waals surface area contributed by atoms with Gasteiger partial charge in [-0.3, -0.25) is 0 Å². The molecule has 0 unspecified atom stereocenters. The van der Waals surface area contributed by atoms with Crippen molar-refractivity contribution >= 4 is 15.7 Å². The van der Waals surface area contributed by atoms with Gasteiger partial charge in [-0.2, -0.15) is 0 Å². The van der Waals surface area contributed by atoms with Crippen LogP contribution < -0.4 is 5.73 Å². The summed E-state index contributed by atoms with van der Waals surface area (Å²) in [6.45, 7) is 0. The van der Waals surface area contributed by atoms with Crippen molar-refractivity contribution in [1.82, 2.24) is 5.16 Å². The fourth-order valence-electron chi connectivity index (χ4n) is 1.43. The van der Waals surface area contributed by atoms with Crippen LogP contribution in [0.4, 0.5) is 14.7 Å². The first-order valence-electron chi connectivity index (χ1n) is 4.70. The number of hydrogen-bond acceptors (Lipinski definition) is 5. The molecule has 0 saturated carbocycles. The number of nitrogen functional groups attached to an aromatic ring is 1. The molecule has 0 aliphatic carbocycles. The van der Waals surface area contributed by atoms with E-state index in [-0.39, 0.29) is 17.1 Å². The summed E-state index contributed by atoms with van der Waals surface area (Å²) >= 11 is 0. The second kappa shape index (κ2) is 4.05. The van der Waals surface area contributed by atoms with Gasteiger partial charge in [0.2, 0.25) is 5.88 Å². The van der Waals surface area contributed by atoms with E-state index < -0.39 is 26.4 Å². The lowest BCUT2D eigenvalue weighted by molar-refractivity contribution is 0.438. The molecule has 0 fully saturated rings. The number of aromatic nitrogens is 1. The standard InChI is InChI=1S/C10H8F2N2O3S/c1-18(15,16)9-3-6(11)5(2-7(9)12)8-4-10(13)17-14-8/h2-4H,13H2,1H3. The van der Waals surface area contributed by atoms with Crippen LogP contribution in [0.25, 0.3) is 11.3 Å². The monoisotopic (exact) mass is 274 g/mol. The summed E-state index contributed by atoms with van der Waals surface area (Å²) in [5.74, 6) is -2.04. The molecule has 0 radical (unpaired) electrons. The molecule has 96 valence electrons. The molecule has 0 bridgehead atoms. The molecule has 2 N–H and O–H groups in total. The summed E-state index contributed by atoms with van der Waals surface area (Å²) in [5.41, 5.74) is 5.03. The Hall–Kier alpha value is -1.96. The molecule has 0 spiro atoms. The van der Waals surface area contributed by atoms with Crippen molar-refractivity contribution in [2.45, 2.75) is 4.90 Å². The fourth-order valence-corrected chi connectivity index (χ4v) is 2.16. The van der Waals surface area contributed by atoms with Gasteiger partial charge in [-0.1, -0.05) is 5.16 Å². The molecular weight excluding hydrogens is 266 g/mol. The smallest absolute Gasteiger partial charge is 0.222 e. The maximum atomic E-state index is 13.7. The molecule has 2 rings (SSSR count). The van der Waals surface area contributed by atoms with Crippen LogP contribution in [0.3, 0.4) is 0 Å². The maximum Gasteiger partial charge on any atom is 0.222 e. The second-order valence-corrected chi connectivity index (χ2v) is 5.63. The third-order valence-electron chi connectivity index (χ3n) is 2.23. The van der Waals surface area contributed by atoms with Crippen molar-refractivity contribution in [3.8, 4) is 11.3 Å². The van der Waals surface area contributed by atoms with Crippen LogP contribution in [0.15, 0.2) is 27.6 Å². The first-order chi connectivity index (χ1) is 8.29. The number of nitrogens with zero attached hydrogens (tertiary/aromatic N) is 1. The highest BCUT2D eigenvalue weighted by Crippen LogP contribution is 2.27. The molecule has 5 nitrogen and oxygen atoms in total. The predicted molar refractivity (Wildman–Crippen MR) is 59.4 cm³/mol. The van der Waals surface area contributed by atoms with Crippen LogP contribution in [0.5, 0.6) is 0 Å². The predicted octanol–water partition coefficient (Wildman–Crippen LogP) is 1.61. The van der Waals surface area contributed by atoms with E-state index in [0.717, 1.165) is 12.3 Å². The van der Waals surface area contributed by atoms with Crippen molar-refractivity contribution in [2.24, 2.45) is 0 Å². The lowest BCUT2D eigenvalue weighted by Crippen LogP contribution is -2.02. The summed E-state index contributed by atoms with van der Waals surface area (Å²) in [6, 6.07) is 2.55. The van der Waals surface area contributed by atoms with E-state index >= 15 is 0 Å². The van der Waals surface area contributed by atoms with Crippen LogP contribution in [0, 0.1) is 11.6 Å². The van der Waals surface area contributed by atoms with E-state index in [1.54, 1.807) is 0 Å². The van der Waals surface area contributed by atoms with Gasteiger partial charge in [0.25, 0.3) is 0 Å². The van der Waals surface area contributed by atoms with Crippen LogP contribution in [0.1, 0.15) is 0 Å². The minimum atomic E-state index is -3.83. The highest BCUT2D eigenvalue weighted by molar-refractivity contribution is 7.90. The Morgan fingerprint density at radius 1 is 1.22 bits per heavy atom. The number of hydrogen-bond donors (Lipinski definition) is 1. The van der Waals surface area contributed by atoms with E-state index in [4.69, 9.17) is 5.73 Å². The highest BCUT2D eigenvalue weighted by atomic mass is 32.2. The molecule has 1 aromatic heterocycles. The lowest BCUT2D eigenvalue weighted by atomic mass is 10.1. The zero-order valence-corrected chi connectivity index (χ0v) is 9.96. The van der Waals surface area contributed by atoms with Gasteiger partial charge in [0, 0.05) is 17.9 Å². The SMILES string of the molecule is CS(=O)(=O)c1cc(F)c(-c2cc(N)on2)cc1F. The van der Waals surface area contributed by atoms with Gasteiger partial charge in [0.15, 0.2) is 9.84 Å². The van der Waals surface area contributed by atoms with Gasteiger partial charge in [-0.15, -0.1) is 0 Å². The van der Waals surface area contributed by atoms with Crippen LogP contribution in [0.2, 0.25) is 0 Å². The van der Waals surface area contributed by atoms with E-state index in [1.807, 2.05) is 0 Å².